The van der Waals surface area contributed by atoms with Crippen molar-refractivity contribution in [3.63, 3.8) is 0 Å². The van der Waals surface area contributed by atoms with Crippen LogP contribution in [0.25, 0.3) is 6.08 Å². The smallest absolute Gasteiger partial charge is 0.340 e. The highest BCUT2D eigenvalue weighted by Crippen LogP contribution is 2.32. The van der Waals surface area contributed by atoms with Crippen molar-refractivity contribution < 1.29 is 28.2 Å². The number of nitrogens with zero attached hydrogens (tertiary/aromatic N) is 1. The monoisotopic (exact) mass is 397 g/mol. The average molecular weight is 397 g/mol. The first kappa shape index (κ1) is 20.3. The molecule has 0 spiro atoms. The summed E-state index contributed by atoms with van der Waals surface area (Å²) in [6.45, 7) is 2.14. The molecule has 1 aliphatic rings. The number of furan rings is 1. The van der Waals surface area contributed by atoms with Gasteiger partial charge in [0, 0.05) is 12.2 Å². The Kier molecular flexibility index (Phi) is 6.07. The predicted molar refractivity (Wildman–Crippen MR) is 106 cm³/mol. The van der Waals surface area contributed by atoms with Gasteiger partial charge in [0.15, 0.2) is 11.5 Å². The van der Waals surface area contributed by atoms with E-state index in [1.54, 1.807) is 44.3 Å². The molecule has 0 saturated carbocycles. The van der Waals surface area contributed by atoms with Crippen LogP contribution in [0.2, 0.25) is 0 Å². The number of allylic oxidation sites excluding steroid dienone is 1. The van der Waals surface area contributed by atoms with E-state index in [9.17, 15) is 9.59 Å². The Bertz CT molecular complexity index is 971. The predicted octanol–water partition coefficient (Wildman–Crippen LogP) is 3.21. The normalized spacial score (nSPS) is 15.2. The van der Waals surface area contributed by atoms with Crippen molar-refractivity contribution in [2.45, 2.75) is 13.3 Å². The molecular formula is C22H23NO6. The van der Waals surface area contributed by atoms with E-state index in [4.69, 9.17) is 18.6 Å². The Labute approximate surface area is 169 Å². The number of amides is 1. The van der Waals surface area contributed by atoms with Crippen LogP contribution in [-0.2, 0) is 20.7 Å². The van der Waals surface area contributed by atoms with Crippen LogP contribution in [0.15, 0.2) is 57.9 Å². The van der Waals surface area contributed by atoms with Gasteiger partial charge in [-0.1, -0.05) is 6.07 Å². The first-order valence-corrected chi connectivity index (χ1v) is 9.07. The zero-order valence-electron chi connectivity index (χ0n) is 16.9. The van der Waals surface area contributed by atoms with Crippen LogP contribution < -0.4 is 9.47 Å². The third kappa shape index (κ3) is 4.03. The van der Waals surface area contributed by atoms with Crippen LogP contribution in [0.5, 0.6) is 11.5 Å². The molecule has 2 aromatic rings. The van der Waals surface area contributed by atoms with Crippen LogP contribution in [0, 0.1) is 0 Å². The molecule has 7 heteroatoms. The second-order valence-electron chi connectivity index (χ2n) is 6.42. The highest BCUT2D eigenvalue weighted by molar-refractivity contribution is 6.16. The summed E-state index contributed by atoms with van der Waals surface area (Å²) in [6, 6.07) is 9.05. The molecule has 0 aliphatic carbocycles. The molecule has 1 amide bonds. The molecule has 0 unspecified atom stereocenters. The van der Waals surface area contributed by atoms with E-state index in [1.165, 1.54) is 13.4 Å². The molecule has 29 heavy (non-hydrogen) atoms. The molecule has 0 N–H and O–H groups in total. The zero-order valence-corrected chi connectivity index (χ0v) is 16.9. The Morgan fingerprint density at radius 3 is 2.52 bits per heavy atom. The third-order valence-electron chi connectivity index (χ3n) is 4.80. The van der Waals surface area contributed by atoms with E-state index < -0.39 is 5.97 Å². The minimum atomic E-state index is -0.553. The highest BCUT2D eigenvalue weighted by atomic mass is 16.5. The SMILES string of the molecule is COC(=O)C1=C(C)N(CCc2ccc(OC)c(OC)c2)C(=O)/C1=C\c1ccco1. The fourth-order valence-corrected chi connectivity index (χ4v) is 3.29. The second-order valence-corrected chi connectivity index (χ2v) is 6.42. The molecule has 1 aromatic carbocycles. The molecule has 2 heterocycles. The maximum atomic E-state index is 13.0. The lowest BCUT2D eigenvalue weighted by Crippen LogP contribution is -2.27. The molecule has 1 aliphatic heterocycles. The number of carbonyl (C=O) groups excluding carboxylic acids is 2. The molecular weight excluding hydrogens is 374 g/mol. The van der Waals surface area contributed by atoms with Crippen molar-refractivity contribution in [1.82, 2.24) is 4.90 Å². The van der Waals surface area contributed by atoms with Crippen molar-refractivity contribution in [3.8, 4) is 11.5 Å². The molecule has 0 saturated heterocycles. The largest absolute Gasteiger partial charge is 0.493 e. The number of rotatable bonds is 7. The molecule has 3 rings (SSSR count). The fraction of sp³-hybridized carbons (Fsp3) is 0.273. The fourth-order valence-electron chi connectivity index (χ4n) is 3.29. The quantitative estimate of drug-likeness (QED) is 0.527. The van der Waals surface area contributed by atoms with E-state index in [2.05, 4.69) is 0 Å². The number of hydrogen-bond donors (Lipinski definition) is 0. The van der Waals surface area contributed by atoms with E-state index >= 15 is 0 Å². The summed E-state index contributed by atoms with van der Waals surface area (Å²) < 4.78 is 20.8. The van der Waals surface area contributed by atoms with Crippen LogP contribution in [0.4, 0.5) is 0 Å². The summed E-state index contributed by atoms with van der Waals surface area (Å²) >= 11 is 0. The Morgan fingerprint density at radius 2 is 1.90 bits per heavy atom. The van der Waals surface area contributed by atoms with Gasteiger partial charge in [0.2, 0.25) is 0 Å². The van der Waals surface area contributed by atoms with Crippen molar-refractivity contribution in [3.05, 3.63) is 64.8 Å². The van der Waals surface area contributed by atoms with Gasteiger partial charge in [-0.25, -0.2) is 4.79 Å². The number of carbonyl (C=O) groups is 2. The zero-order chi connectivity index (χ0) is 21.0. The maximum Gasteiger partial charge on any atom is 0.340 e. The van der Waals surface area contributed by atoms with Gasteiger partial charge in [-0.3, -0.25) is 4.79 Å². The molecule has 0 fully saturated rings. The number of benzene rings is 1. The second kappa shape index (κ2) is 8.68. The van der Waals surface area contributed by atoms with E-state index in [1.807, 2.05) is 18.2 Å². The van der Waals surface area contributed by atoms with Gasteiger partial charge in [0.05, 0.1) is 38.7 Å². The van der Waals surface area contributed by atoms with E-state index in [-0.39, 0.29) is 17.1 Å². The van der Waals surface area contributed by atoms with Gasteiger partial charge >= 0.3 is 5.97 Å². The molecule has 152 valence electrons. The van der Waals surface area contributed by atoms with Gasteiger partial charge in [0.1, 0.15) is 5.76 Å². The first-order valence-electron chi connectivity index (χ1n) is 9.07. The number of hydrogen-bond acceptors (Lipinski definition) is 6. The maximum absolute atomic E-state index is 13.0. The van der Waals surface area contributed by atoms with Crippen molar-refractivity contribution in [1.29, 1.82) is 0 Å². The Hall–Kier alpha value is -3.48. The topological polar surface area (TPSA) is 78.2 Å². The van der Waals surface area contributed by atoms with Gasteiger partial charge < -0.3 is 23.5 Å². The lowest BCUT2D eigenvalue weighted by Gasteiger charge is -2.18. The van der Waals surface area contributed by atoms with Crippen LogP contribution in [-0.4, -0.2) is 44.7 Å². The summed E-state index contributed by atoms with van der Waals surface area (Å²) in [6.07, 6.45) is 3.65. The molecule has 0 bridgehead atoms. The molecule has 1 aromatic heterocycles. The highest BCUT2D eigenvalue weighted by Gasteiger charge is 2.37. The van der Waals surface area contributed by atoms with E-state index in [0.717, 1.165) is 5.56 Å². The van der Waals surface area contributed by atoms with E-state index in [0.29, 0.717) is 35.9 Å². The van der Waals surface area contributed by atoms with Crippen LogP contribution in [0.3, 0.4) is 0 Å². The van der Waals surface area contributed by atoms with Crippen LogP contribution in [0.1, 0.15) is 18.2 Å². The van der Waals surface area contributed by atoms with Crippen molar-refractivity contribution in [2.75, 3.05) is 27.9 Å². The minimum absolute atomic E-state index is 0.251. The standard InChI is InChI=1S/C22H23NO6/c1-14-20(22(25)28-4)17(13-16-6-5-11-29-16)21(24)23(14)10-9-15-7-8-18(26-2)19(12-15)27-3/h5-8,11-13H,9-10H2,1-4H3/b17-13-. The average Bonchev–Trinajstić information content (AvgIpc) is 3.33. The summed E-state index contributed by atoms with van der Waals surface area (Å²) in [5.41, 5.74) is 2.05. The Morgan fingerprint density at radius 1 is 1.14 bits per heavy atom. The number of methoxy groups -OCH3 is 3. The summed E-state index contributed by atoms with van der Waals surface area (Å²) in [5.74, 6) is 0.936. The third-order valence-corrected chi connectivity index (χ3v) is 4.80. The molecule has 7 nitrogen and oxygen atoms in total. The van der Waals surface area contributed by atoms with Gasteiger partial charge in [-0.2, -0.15) is 0 Å². The lowest BCUT2D eigenvalue weighted by molar-refractivity contribution is -0.136. The lowest BCUT2D eigenvalue weighted by atomic mass is 10.1. The summed E-state index contributed by atoms with van der Waals surface area (Å²) in [4.78, 5) is 26.9. The van der Waals surface area contributed by atoms with Crippen molar-refractivity contribution >= 4 is 18.0 Å². The molecule has 0 atom stereocenters. The summed E-state index contributed by atoms with van der Waals surface area (Å²) in [7, 11) is 4.45. The number of esters is 1. The summed E-state index contributed by atoms with van der Waals surface area (Å²) in [5, 5.41) is 0. The molecule has 0 radical (unpaired) electrons. The van der Waals surface area contributed by atoms with Gasteiger partial charge in [-0.05, 0) is 49.2 Å². The Balaban J connectivity index is 1.87. The minimum Gasteiger partial charge on any atom is -0.493 e. The van der Waals surface area contributed by atoms with Crippen molar-refractivity contribution in [2.24, 2.45) is 0 Å². The van der Waals surface area contributed by atoms with Crippen LogP contribution >= 0.6 is 0 Å². The van der Waals surface area contributed by atoms with Gasteiger partial charge in [0.25, 0.3) is 5.91 Å². The van der Waals surface area contributed by atoms with Gasteiger partial charge in [-0.15, -0.1) is 0 Å². The first-order chi connectivity index (χ1) is 14.0. The number of ether oxygens (including phenoxy) is 3.